The van der Waals surface area contributed by atoms with Gasteiger partial charge in [0.1, 0.15) is 23.7 Å². The molecule has 0 bridgehead atoms. The number of carboxylic acid groups (broad SMARTS) is 1. The molecule has 0 atom stereocenters. The maximum atomic E-state index is 11.7. The van der Waals surface area contributed by atoms with Gasteiger partial charge in [-0.15, -0.1) is 0 Å². The van der Waals surface area contributed by atoms with E-state index in [1.807, 2.05) is 54.6 Å². The third-order valence-corrected chi connectivity index (χ3v) is 3.85. The quantitative estimate of drug-likeness (QED) is 0.713. The van der Waals surface area contributed by atoms with E-state index >= 15 is 0 Å². The molecule has 0 saturated heterocycles. The summed E-state index contributed by atoms with van der Waals surface area (Å²) in [6, 6.07) is 22.5. The van der Waals surface area contributed by atoms with Gasteiger partial charge in [-0.1, -0.05) is 54.6 Å². The molecule has 0 aromatic heterocycles. The van der Waals surface area contributed by atoms with E-state index in [1.54, 1.807) is 18.2 Å². The van der Waals surface area contributed by atoms with Crippen LogP contribution in [0.1, 0.15) is 15.9 Å². The molecule has 0 aliphatic carbocycles. The topological polar surface area (TPSA) is 55.8 Å². The van der Waals surface area contributed by atoms with Gasteiger partial charge in [0.15, 0.2) is 0 Å². The molecule has 3 rings (SSSR count). The highest BCUT2D eigenvalue weighted by Crippen LogP contribution is 2.32. The van der Waals surface area contributed by atoms with Crippen LogP contribution in [0.25, 0.3) is 11.1 Å². The number of ether oxygens (including phenoxy) is 2. The summed E-state index contributed by atoms with van der Waals surface area (Å²) in [6.45, 7) is 0.453. The first kappa shape index (κ1) is 16.6. The number of hydrogen-bond acceptors (Lipinski definition) is 3. The lowest BCUT2D eigenvalue weighted by Crippen LogP contribution is -2.03. The van der Waals surface area contributed by atoms with Crippen molar-refractivity contribution in [3.63, 3.8) is 0 Å². The zero-order chi connectivity index (χ0) is 17.6. The molecule has 0 amide bonds. The van der Waals surface area contributed by atoms with Crippen molar-refractivity contribution in [3.8, 4) is 22.6 Å². The van der Waals surface area contributed by atoms with Crippen LogP contribution in [0.3, 0.4) is 0 Å². The van der Waals surface area contributed by atoms with E-state index in [9.17, 15) is 9.90 Å². The van der Waals surface area contributed by atoms with Crippen LogP contribution < -0.4 is 9.47 Å². The molecule has 4 nitrogen and oxygen atoms in total. The minimum Gasteiger partial charge on any atom is -0.496 e. The monoisotopic (exact) mass is 334 g/mol. The Hall–Kier alpha value is -3.27. The predicted octanol–water partition coefficient (Wildman–Crippen LogP) is 4.64. The van der Waals surface area contributed by atoms with Crippen LogP contribution >= 0.6 is 0 Å². The van der Waals surface area contributed by atoms with Crippen molar-refractivity contribution in [1.29, 1.82) is 0 Å². The molecule has 0 heterocycles. The second kappa shape index (κ2) is 7.53. The SMILES string of the molecule is COc1cccc(-c2cccc(OCc3ccccc3)c2)c1C(=O)O. The Bertz CT molecular complexity index is 872. The van der Waals surface area contributed by atoms with Crippen molar-refractivity contribution in [2.24, 2.45) is 0 Å². The van der Waals surface area contributed by atoms with E-state index in [1.165, 1.54) is 7.11 Å². The molecule has 0 aliphatic heterocycles. The molecule has 0 spiro atoms. The van der Waals surface area contributed by atoms with Gasteiger partial charge in [0.05, 0.1) is 7.11 Å². The van der Waals surface area contributed by atoms with E-state index in [-0.39, 0.29) is 5.56 Å². The number of methoxy groups -OCH3 is 1. The number of carbonyl (C=O) groups is 1. The summed E-state index contributed by atoms with van der Waals surface area (Å²) in [7, 11) is 1.46. The van der Waals surface area contributed by atoms with Gasteiger partial charge in [-0.25, -0.2) is 4.79 Å². The highest BCUT2D eigenvalue weighted by Gasteiger charge is 2.17. The summed E-state index contributed by atoms with van der Waals surface area (Å²) in [5.41, 5.74) is 2.57. The Balaban J connectivity index is 1.90. The van der Waals surface area contributed by atoms with Crippen LogP contribution in [0.15, 0.2) is 72.8 Å². The van der Waals surface area contributed by atoms with E-state index in [2.05, 4.69) is 0 Å². The third kappa shape index (κ3) is 3.80. The van der Waals surface area contributed by atoms with Gasteiger partial charge in [0.2, 0.25) is 0 Å². The lowest BCUT2D eigenvalue weighted by Gasteiger charge is -2.12. The maximum absolute atomic E-state index is 11.7. The molecule has 0 radical (unpaired) electrons. The van der Waals surface area contributed by atoms with Crippen molar-refractivity contribution in [2.75, 3.05) is 7.11 Å². The molecule has 3 aromatic rings. The summed E-state index contributed by atoms with van der Waals surface area (Å²) in [5, 5.41) is 9.55. The predicted molar refractivity (Wildman–Crippen MR) is 96.2 cm³/mol. The summed E-state index contributed by atoms with van der Waals surface area (Å²) >= 11 is 0. The van der Waals surface area contributed by atoms with Crippen LogP contribution in [0.2, 0.25) is 0 Å². The average Bonchev–Trinajstić information content (AvgIpc) is 2.66. The van der Waals surface area contributed by atoms with Crippen molar-refractivity contribution in [2.45, 2.75) is 6.61 Å². The Morgan fingerprint density at radius 3 is 2.44 bits per heavy atom. The van der Waals surface area contributed by atoms with Gasteiger partial charge in [-0.2, -0.15) is 0 Å². The summed E-state index contributed by atoms with van der Waals surface area (Å²) in [4.78, 5) is 11.7. The summed E-state index contributed by atoms with van der Waals surface area (Å²) < 4.78 is 11.0. The van der Waals surface area contributed by atoms with Gasteiger partial charge < -0.3 is 14.6 Å². The zero-order valence-electron chi connectivity index (χ0n) is 13.8. The Labute approximate surface area is 146 Å². The van der Waals surface area contributed by atoms with E-state index in [4.69, 9.17) is 9.47 Å². The minimum atomic E-state index is -1.02. The smallest absolute Gasteiger partial charge is 0.340 e. The van der Waals surface area contributed by atoms with Crippen LogP contribution in [0.4, 0.5) is 0 Å². The molecular formula is C21H18O4. The van der Waals surface area contributed by atoms with E-state index < -0.39 is 5.97 Å². The molecule has 1 N–H and O–H groups in total. The highest BCUT2D eigenvalue weighted by atomic mass is 16.5. The summed E-state index contributed by atoms with van der Waals surface area (Å²) in [5.74, 6) is -0.0100. The Morgan fingerprint density at radius 1 is 0.960 bits per heavy atom. The fraction of sp³-hybridized carbons (Fsp3) is 0.0952. The fourth-order valence-corrected chi connectivity index (χ4v) is 2.66. The van der Waals surface area contributed by atoms with Crippen molar-refractivity contribution in [1.82, 2.24) is 0 Å². The first-order valence-corrected chi connectivity index (χ1v) is 7.86. The average molecular weight is 334 g/mol. The van der Waals surface area contributed by atoms with Crippen LogP contribution in [-0.2, 0) is 6.61 Å². The molecular weight excluding hydrogens is 316 g/mol. The maximum Gasteiger partial charge on any atom is 0.340 e. The number of rotatable bonds is 6. The van der Waals surface area contributed by atoms with Crippen LogP contribution in [-0.4, -0.2) is 18.2 Å². The normalized spacial score (nSPS) is 10.3. The number of hydrogen-bond donors (Lipinski definition) is 1. The highest BCUT2D eigenvalue weighted by molar-refractivity contribution is 5.99. The fourth-order valence-electron chi connectivity index (χ4n) is 2.66. The van der Waals surface area contributed by atoms with E-state index in [0.29, 0.717) is 23.7 Å². The molecule has 3 aromatic carbocycles. The van der Waals surface area contributed by atoms with Gasteiger partial charge >= 0.3 is 5.97 Å². The molecule has 0 aliphatic rings. The number of carboxylic acids is 1. The standard InChI is InChI=1S/C21H18O4/c1-24-19-12-6-11-18(20(19)21(22)23)16-9-5-10-17(13-16)25-14-15-7-3-2-4-8-15/h2-13H,14H2,1H3,(H,22,23). The largest absolute Gasteiger partial charge is 0.496 e. The Morgan fingerprint density at radius 2 is 1.72 bits per heavy atom. The molecule has 0 saturated carbocycles. The van der Waals surface area contributed by atoms with Crippen molar-refractivity contribution >= 4 is 5.97 Å². The van der Waals surface area contributed by atoms with Gasteiger partial charge in [-0.3, -0.25) is 0 Å². The molecule has 0 fully saturated rings. The van der Waals surface area contributed by atoms with E-state index in [0.717, 1.165) is 11.1 Å². The van der Waals surface area contributed by atoms with Crippen molar-refractivity contribution in [3.05, 3.63) is 83.9 Å². The van der Waals surface area contributed by atoms with Gasteiger partial charge in [-0.05, 0) is 29.3 Å². The number of aromatic carboxylic acids is 1. The zero-order valence-corrected chi connectivity index (χ0v) is 13.8. The number of benzene rings is 3. The van der Waals surface area contributed by atoms with Gasteiger partial charge in [0.25, 0.3) is 0 Å². The van der Waals surface area contributed by atoms with Crippen molar-refractivity contribution < 1.29 is 19.4 Å². The second-order valence-corrected chi connectivity index (χ2v) is 5.49. The molecule has 126 valence electrons. The molecule has 4 heteroatoms. The second-order valence-electron chi connectivity index (χ2n) is 5.49. The molecule has 0 unspecified atom stereocenters. The lowest BCUT2D eigenvalue weighted by atomic mass is 9.98. The molecule has 25 heavy (non-hydrogen) atoms. The lowest BCUT2D eigenvalue weighted by molar-refractivity contribution is 0.0694. The first-order valence-electron chi connectivity index (χ1n) is 7.86. The van der Waals surface area contributed by atoms with Gasteiger partial charge in [0, 0.05) is 5.56 Å². The summed E-state index contributed by atoms with van der Waals surface area (Å²) in [6.07, 6.45) is 0. The van der Waals surface area contributed by atoms with Crippen LogP contribution in [0, 0.1) is 0 Å². The third-order valence-electron chi connectivity index (χ3n) is 3.85. The minimum absolute atomic E-state index is 0.144. The first-order chi connectivity index (χ1) is 12.2. The Kier molecular flexibility index (Phi) is 5.00. The van der Waals surface area contributed by atoms with Crippen LogP contribution in [0.5, 0.6) is 11.5 Å².